The smallest absolute Gasteiger partial charge is 0.822 e. The Bertz CT molecular complexity index is 305. The van der Waals surface area contributed by atoms with E-state index in [1.165, 1.54) is 0 Å². The average Bonchev–Trinajstić information content (AvgIpc) is 1.62. The maximum absolute atomic E-state index is 8.55. The summed E-state index contributed by atoms with van der Waals surface area (Å²) in [5, 5.41) is 0. The maximum Gasteiger partial charge on any atom is 2.00 e. The van der Waals surface area contributed by atoms with Crippen LogP contribution in [0.5, 0.6) is 0 Å². The molecule has 0 rings (SSSR count). The van der Waals surface area contributed by atoms with Gasteiger partial charge in [0.25, 0.3) is 0 Å². The second-order valence-corrected chi connectivity index (χ2v) is 5.37. The molecule has 0 unspecified atom stereocenters. The zero-order valence-corrected chi connectivity index (χ0v) is 22.4. The molecule has 16 nitrogen and oxygen atoms in total. The summed E-state index contributed by atoms with van der Waals surface area (Å²) in [5.41, 5.74) is 0. The largest absolute Gasteiger partial charge is 2.00 e. The number of rotatable bonds is 0. The Balaban J connectivity index is -0.0000000152. The van der Waals surface area contributed by atoms with E-state index in [1.54, 1.807) is 0 Å². The van der Waals surface area contributed by atoms with Crippen molar-refractivity contribution >= 4 is 100 Å². The minimum absolute atomic E-state index is 0. The molecule has 0 aliphatic rings. The van der Waals surface area contributed by atoms with Gasteiger partial charge in [0.05, 0.1) is 0 Å². The van der Waals surface area contributed by atoms with Gasteiger partial charge in [0.1, 0.15) is 0 Å². The Morgan fingerprint density at radius 3 is 0.308 bits per heavy atom. The van der Waals surface area contributed by atoms with Crippen LogP contribution in [0, 0.1) is 0 Å². The molecule has 0 aliphatic heterocycles. The Labute approximate surface area is 225 Å². The molecule has 0 aromatic rings. The van der Waals surface area contributed by atoms with Crippen molar-refractivity contribution < 1.29 is 127 Å². The normalized spacial score (nSPS) is 9.08. The van der Waals surface area contributed by atoms with E-state index in [0.717, 1.165) is 0 Å². The summed E-state index contributed by atoms with van der Waals surface area (Å²) in [7, 11) is -21.6. The van der Waals surface area contributed by atoms with Gasteiger partial charge in [0.2, 0.25) is 0 Å². The van der Waals surface area contributed by atoms with Gasteiger partial charge in [-0.1, -0.05) is 0 Å². The van der Waals surface area contributed by atoms with Gasteiger partial charge in [-0.05, 0) is 0 Å². The van der Waals surface area contributed by atoms with Crippen LogP contribution in [0.25, 0.3) is 0 Å². The Morgan fingerprint density at radius 2 is 0.308 bits per heavy atom. The zero-order valence-electron chi connectivity index (χ0n) is 11.4. The van der Waals surface area contributed by atoms with Gasteiger partial charge < -0.3 is 77.0 Å². The third-order valence-corrected chi connectivity index (χ3v) is 0. The Hall–Kier alpha value is 4.26. The van der Waals surface area contributed by atoms with Crippen LogP contribution >= 0.6 is 31.3 Å². The van der Waals surface area contributed by atoms with Gasteiger partial charge in [-0.25, -0.2) is 0 Å². The predicted molar refractivity (Wildman–Crippen MR) is 47.7 cm³/mol. The zero-order chi connectivity index (χ0) is 18.0. The van der Waals surface area contributed by atoms with Gasteiger partial charge in [-0.2, -0.15) is 31.3 Å². The summed E-state index contributed by atoms with van der Waals surface area (Å²) in [6.07, 6.45) is 0. The topological polar surface area (TPSA) is 345 Å². The number of hydrogen-bond acceptors (Lipinski definition) is 16. The molecule has 0 saturated heterocycles. The van der Waals surface area contributed by atoms with Crippen LogP contribution in [0.3, 0.4) is 0 Å². The van der Waals surface area contributed by atoms with Crippen LogP contribution in [-0.4, -0.2) is 69.2 Å². The molecule has 0 aromatic carbocycles. The van der Waals surface area contributed by atoms with Crippen molar-refractivity contribution in [3.8, 4) is 0 Å². The minimum Gasteiger partial charge on any atom is -0.822 e. The molecule has 0 saturated carbocycles. The average molecular weight is 630 g/mol. The van der Waals surface area contributed by atoms with Gasteiger partial charge in [0.15, 0.2) is 0 Å². The molecule has 0 fully saturated rings. The molecule has 0 aliphatic carbocycles. The summed E-state index contributed by atoms with van der Waals surface area (Å²) in [6, 6.07) is 0. The quantitative estimate of drug-likeness (QED) is 0.177. The monoisotopic (exact) mass is 629 g/mol. The summed E-state index contributed by atoms with van der Waals surface area (Å²) < 4.78 is 34.2. The molecule has 26 heavy (non-hydrogen) atoms. The van der Waals surface area contributed by atoms with Gasteiger partial charge >= 0.3 is 119 Å². The van der Waals surface area contributed by atoms with Crippen molar-refractivity contribution in [2.24, 2.45) is 0 Å². The van der Waals surface area contributed by atoms with Crippen LogP contribution in [0.1, 0.15) is 0 Å². The SMILES string of the molecule is O=P([O-])([O-])[O-].O=P([O-])([O-])[O-].O=P([O-])([O-])[O-].O=P([O-])([O-])[O-].[Co+2].[Co+2].[Co+2].[Mg+2].[Mg+2].[Mg+2]. The van der Waals surface area contributed by atoms with Crippen molar-refractivity contribution in [2.45, 2.75) is 0 Å². The van der Waals surface area contributed by atoms with Crippen molar-refractivity contribution in [2.75, 3.05) is 0 Å². The van der Waals surface area contributed by atoms with Crippen LogP contribution in [0.2, 0.25) is 0 Å². The second-order valence-electron chi connectivity index (χ2n) is 1.79. The van der Waals surface area contributed by atoms with Crippen LogP contribution in [-0.2, 0) is 68.6 Å². The van der Waals surface area contributed by atoms with Crippen molar-refractivity contribution in [1.29, 1.82) is 0 Å². The molecule has 0 N–H and O–H groups in total. The molecular formula is Co3Mg3O16P4. The van der Waals surface area contributed by atoms with Crippen molar-refractivity contribution in [3.63, 3.8) is 0 Å². The van der Waals surface area contributed by atoms with Gasteiger partial charge in [-0.3, -0.25) is 0 Å². The van der Waals surface area contributed by atoms with E-state index in [4.69, 9.17) is 77.0 Å². The molecule has 0 aromatic heterocycles. The summed E-state index contributed by atoms with van der Waals surface area (Å²) >= 11 is 0. The molecule has 0 amide bonds. The van der Waals surface area contributed by atoms with Gasteiger partial charge in [0, 0.05) is 0 Å². The van der Waals surface area contributed by atoms with E-state index in [9.17, 15) is 0 Å². The third kappa shape index (κ3) is 1160. The summed E-state index contributed by atoms with van der Waals surface area (Å²) in [6.45, 7) is 0. The number of hydrogen-bond donors (Lipinski definition) is 0. The fourth-order valence-corrected chi connectivity index (χ4v) is 0. The van der Waals surface area contributed by atoms with Gasteiger partial charge in [-0.15, -0.1) is 0 Å². The predicted octanol–water partition coefficient (Wildman–Crippen LogP) is -12.4. The minimum atomic E-state index is -5.39. The van der Waals surface area contributed by atoms with E-state index < -0.39 is 31.3 Å². The molecule has 26 heteroatoms. The van der Waals surface area contributed by atoms with Crippen molar-refractivity contribution in [3.05, 3.63) is 0 Å². The van der Waals surface area contributed by atoms with Crippen LogP contribution in [0.15, 0.2) is 0 Å². The van der Waals surface area contributed by atoms with E-state index >= 15 is 0 Å². The first-order valence-electron chi connectivity index (χ1n) is 2.92. The Morgan fingerprint density at radius 1 is 0.308 bits per heavy atom. The van der Waals surface area contributed by atoms with E-state index in [1.807, 2.05) is 0 Å². The summed E-state index contributed by atoms with van der Waals surface area (Å²) in [4.78, 5) is 103. The molecule has 0 heterocycles. The molecule has 0 spiro atoms. The number of phosphoric acid groups is 4. The molecular weight excluding hydrogens is 630 g/mol. The van der Waals surface area contributed by atoms with Crippen LogP contribution < -0.4 is 58.7 Å². The van der Waals surface area contributed by atoms with E-state index in [0.29, 0.717) is 0 Å². The fourth-order valence-electron chi connectivity index (χ4n) is 0. The first kappa shape index (κ1) is 63.1. The molecule has 149 valence electrons. The standard InChI is InChI=1S/3Co.3Mg.4H3O4P/c;;;;;;4*1-5(2,3)4/h;;;;;;4*(H3,1,2,3,4)/q6*+2;;;;/p-12. The Kier molecular flexibility index (Phi) is 71.0. The second kappa shape index (κ2) is 29.3. The van der Waals surface area contributed by atoms with E-state index in [-0.39, 0.29) is 119 Å². The molecule has 0 bridgehead atoms. The summed E-state index contributed by atoms with van der Waals surface area (Å²) in [5.74, 6) is 0. The molecule has 3 radical (unpaired) electrons. The van der Waals surface area contributed by atoms with E-state index in [2.05, 4.69) is 0 Å². The first-order valence-corrected chi connectivity index (χ1v) is 8.76. The maximum atomic E-state index is 8.55. The first-order chi connectivity index (χ1) is 8.00. The fraction of sp³-hybridized carbons (Fsp3) is 0. The van der Waals surface area contributed by atoms with Crippen molar-refractivity contribution in [1.82, 2.24) is 0 Å². The third-order valence-electron chi connectivity index (χ3n) is 0. The van der Waals surface area contributed by atoms with Crippen LogP contribution in [0.4, 0.5) is 0 Å². The molecule has 0 atom stereocenters.